The number of hydrogen-bond acceptors (Lipinski definition) is 3. The summed E-state index contributed by atoms with van der Waals surface area (Å²) in [6.07, 6.45) is -0.0900. The third-order valence-electron chi connectivity index (χ3n) is 2.99. The number of rotatable bonds is 3. The Bertz CT molecular complexity index is 488. The number of carbonyl (C=O) groups excluding carboxylic acids is 1. The van der Waals surface area contributed by atoms with E-state index in [9.17, 15) is 4.79 Å². The van der Waals surface area contributed by atoms with Crippen LogP contribution >= 0.6 is 15.9 Å². The predicted molar refractivity (Wildman–Crippen MR) is 76.1 cm³/mol. The van der Waals surface area contributed by atoms with Gasteiger partial charge in [-0.05, 0) is 38.5 Å². The Hall–Kier alpha value is -0.910. The van der Waals surface area contributed by atoms with E-state index in [1.54, 1.807) is 0 Å². The molecule has 1 aliphatic rings. The summed E-state index contributed by atoms with van der Waals surface area (Å²) in [6.45, 7) is 6.67. The molecule has 1 heterocycles. The maximum Gasteiger partial charge on any atom is 0.251 e. The monoisotopic (exact) mass is 327 g/mol. The zero-order valence-electron chi connectivity index (χ0n) is 11.3. The Balaban J connectivity index is 1.89. The molecule has 1 amide bonds. The summed E-state index contributed by atoms with van der Waals surface area (Å²) < 4.78 is 12.0. The molecule has 0 saturated carbocycles. The molecule has 5 heteroatoms. The fourth-order valence-corrected chi connectivity index (χ4v) is 2.29. The van der Waals surface area contributed by atoms with E-state index >= 15 is 0 Å². The quantitative estimate of drug-likeness (QED) is 0.928. The summed E-state index contributed by atoms with van der Waals surface area (Å²) in [6, 6.07) is 5.54. The molecule has 1 N–H and O–H groups in total. The van der Waals surface area contributed by atoms with Crippen LogP contribution in [-0.4, -0.2) is 30.9 Å². The first kappa shape index (κ1) is 14.5. The summed E-state index contributed by atoms with van der Waals surface area (Å²) in [7, 11) is 0. The average Bonchev–Trinajstić information content (AvgIpc) is 2.69. The largest absolute Gasteiger partial charge is 0.349 e. The lowest BCUT2D eigenvalue weighted by molar-refractivity contribution is -0.137. The number of aryl methyl sites for hydroxylation is 1. The standard InChI is InChI=1S/C14H18BrNO3/c1-9-4-5-10(6-12(9)15)13(17)16-7-11-8-18-14(2,3)19-11/h4-6,11H,7-8H2,1-3H3,(H,16,17). The van der Waals surface area contributed by atoms with Crippen molar-refractivity contribution >= 4 is 21.8 Å². The van der Waals surface area contributed by atoms with Crippen molar-refractivity contribution in [3.8, 4) is 0 Å². The molecular weight excluding hydrogens is 310 g/mol. The van der Waals surface area contributed by atoms with E-state index in [0.717, 1.165) is 10.0 Å². The van der Waals surface area contributed by atoms with Gasteiger partial charge in [-0.2, -0.15) is 0 Å². The lowest BCUT2D eigenvalue weighted by atomic mass is 10.1. The third kappa shape index (κ3) is 3.78. The van der Waals surface area contributed by atoms with Crippen LogP contribution in [-0.2, 0) is 9.47 Å². The molecule has 1 fully saturated rings. The first-order valence-electron chi connectivity index (χ1n) is 6.23. The molecular formula is C14H18BrNO3. The number of ether oxygens (including phenoxy) is 2. The molecule has 104 valence electrons. The summed E-state index contributed by atoms with van der Waals surface area (Å²) in [5.41, 5.74) is 1.74. The smallest absolute Gasteiger partial charge is 0.251 e. The van der Waals surface area contributed by atoms with Crippen LogP contribution in [0, 0.1) is 6.92 Å². The number of benzene rings is 1. The molecule has 0 radical (unpaired) electrons. The number of halogens is 1. The van der Waals surface area contributed by atoms with Gasteiger partial charge in [0.15, 0.2) is 5.79 Å². The van der Waals surface area contributed by atoms with Crippen LogP contribution in [0.15, 0.2) is 22.7 Å². The highest BCUT2D eigenvalue weighted by Crippen LogP contribution is 2.22. The Morgan fingerprint density at radius 1 is 1.53 bits per heavy atom. The summed E-state index contributed by atoms with van der Waals surface area (Å²) in [5, 5.41) is 2.86. The molecule has 1 aromatic carbocycles. The van der Waals surface area contributed by atoms with Gasteiger partial charge in [-0.15, -0.1) is 0 Å². The molecule has 0 aromatic heterocycles. The summed E-state index contributed by atoms with van der Waals surface area (Å²) >= 11 is 3.42. The molecule has 0 bridgehead atoms. The Labute approximate surface area is 121 Å². The molecule has 1 unspecified atom stereocenters. The molecule has 1 aromatic rings. The molecule has 2 rings (SSSR count). The van der Waals surface area contributed by atoms with E-state index in [4.69, 9.17) is 9.47 Å². The lowest BCUT2D eigenvalue weighted by Crippen LogP contribution is -2.34. The second kappa shape index (κ2) is 5.61. The fraction of sp³-hybridized carbons (Fsp3) is 0.500. The molecule has 1 saturated heterocycles. The average molecular weight is 328 g/mol. The zero-order chi connectivity index (χ0) is 14.0. The van der Waals surface area contributed by atoms with Crippen LogP contribution in [0.25, 0.3) is 0 Å². The highest BCUT2D eigenvalue weighted by Gasteiger charge is 2.32. The summed E-state index contributed by atoms with van der Waals surface area (Å²) in [4.78, 5) is 12.0. The van der Waals surface area contributed by atoms with E-state index in [2.05, 4.69) is 21.2 Å². The van der Waals surface area contributed by atoms with E-state index < -0.39 is 5.79 Å². The first-order chi connectivity index (χ1) is 8.87. The second-order valence-electron chi connectivity index (χ2n) is 5.12. The van der Waals surface area contributed by atoms with Gasteiger partial charge in [-0.1, -0.05) is 22.0 Å². The van der Waals surface area contributed by atoms with E-state index in [0.29, 0.717) is 18.7 Å². The highest BCUT2D eigenvalue weighted by molar-refractivity contribution is 9.10. The molecule has 4 nitrogen and oxygen atoms in total. The second-order valence-corrected chi connectivity index (χ2v) is 5.98. The van der Waals surface area contributed by atoms with Gasteiger partial charge < -0.3 is 14.8 Å². The first-order valence-corrected chi connectivity index (χ1v) is 7.03. The van der Waals surface area contributed by atoms with Gasteiger partial charge in [-0.25, -0.2) is 0 Å². The zero-order valence-corrected chi connectivity index (χ0v) is 12.9. The van der Waals surface area contributed by atoms with Crippen molar-refractivity contribution < 1.29 is 14.3 Å². The molecule has 1 atom stereocenters. The van der Waals surface area contributed by atoms with E-state index in [1.165, 1.54) is 0 Å². The number of amides is 1. The molecule has 0 aliphatic carbocycles. The minimum absolute atomic E-state index is 0.0900. The van der Waals surface area contributed by atoms with Crippen LogP contribution in [0.2, 0.25) is 0 Å². The van der Waals surface area contributed by atoms with Gasteiger partial charge in [0.2, 0.25) is 0 Å². The molecule has 1 aliphatic heterocycles. The van der Waals surface area contributed by atoms with Crippen molar-refractivity contribution in [3.63, 3.8) is 0 Å². The SMILES string of the molecule is Cc1ccc(C(=O)NCC2COC(C)(C)O2)cc1Br. The van der Waals surface area contributed by atoms with Crippen LogP contribution in [0.5, 0.6) is 0 Å². The van der Waals surface area contributed by atoms with Crippen LogP contribution in [0.4, 0.5) is 0 Å². The molecule has 0 spiro atoms. The maximum atomic E-state index is 12.0. The van der Waals surface area contributed by atoms with Gasteiger partial charge in [0.05, 0.1) is 6.61 Å². The normalized spacial score (nSPS) is 21.4. The van der Waals surface area contributed by atoms with Crippen LogP contribution in [0.3, 0.4) is 0 Å². The lowest BCUT2D eigenvalue weighted by Gasteiger charge is -2.17. The van der Waals surface area contributed by atoms with Gasteiger partial charge in [0.25, 0.3) is 5.91 Å². The topological polar surface area (TPSA) is 47.6 Å². The van der Waals surface area contributed by atoms with Gasteiger partial charge in [0.1, 0.15) is 6.10 Å². The fourth-order valence-electron chi connectivity index (χ4n) is 1.91. The molecule has 19 heavy (non-hydrogen) atoms. The van der Waals surface area contributed by atoms with E-state index in [-0.39, 0.29) is 12.0 Å². The Kier molecular flexibility index (Phi) is 4.28. The Morgan fingerprint density at radius 3 is 2.84 bits per heavy atom. The third-order valence-corrected chi connectivity index (χ3v) is 3.85. The van der Waals surface area contributed by atoms with Crippen LogP contribution < -0.4 is 5.32 Å². The van der Waals surface area contributed by atoms with Crippen LogP contribution in [0.1, 0.15) is 29.8 Å². The van der Waals surface area contributed by atoms with Gasteiger partial charge in [0, 0.05) is 16.6 Å². The van der Waals surface area contributed by atoms with Crippen molar-refractivity contribution in [2.45, 2.75) is 32.7 Å². The summed E-state index contributed by atoms with van der Waals surface area (Å²) in [5.74, 6) is -0.656. The minimum atomic E-state index is -0.553. The maximum absolute atomic E-state index is 12.0. The van der Waals surface area contributed by atoms with Crippen molar-refractivity contribution in [1.82, 2.24) is 5.32 Å². The minimum Gasteiger partial charge on any atom is -0.349 e. The van der Waals surface area contributed by atoms with Crippen molar-refractivity contribution in [1.29, 1.82) is 0 Å². The number of carbonyl (C=O) groups is 1. The Morgan fingerprint density at radius 2 is 2.26 bits per heavy atom. The van der Waals surface area contributed by atoms with Crippen molar-refractivity contribution in [2.24, 2.45) is 0 Å². The number of hydrogen-bond donors (Lipinski definition) is 1. The van der Waals surface area contributed by atoms with Gasteiger partial charge in [-0.3, -0.25) is 4.79 Å². The van der Waals surface area contributed by atoms with E-state index in [1.807, 2.05) is 39.0 Å². The van der Waals surface area contributed by atoms with Crippen molar-refractivity contribution in [2.75, 3.05) is 13.2 Å². The van der Waals surface area contributed by atoms with Gasteiger partial charge >= 0.3 is 0 Å². The number of nitrogens with one attached hydrogen (secondary N) is 1. The predicted octanol–water partition coefficient (Wildman–Crippen LogP) is 2.64. The highest BCUT2D eigenvalue weighted by atomic mass is 79.9. The van der Waals surface area contributed by atoms with Crippen molar-refractivity contribution in [3.05, 3.63) is 33.8 Å².